The van der Waals surface area contributed by atoms with Crippen molar-refractivity contribution in [1.82, 2.24) is 9.97 Å². The number of hydrogen-bond donors (Lipinski definition) is 0. The van der Waals surface area contributed by atoms with Crippen LogP contribution in [0.25, 0.3) is 0 Å². The Kier molecular flexibility index (Phi) is 4.64. The molecule has 23 heavy (non-hydrogen) atoms. The lowest BCUT2D eigenvalue weighted by molar-refractivity contribution is 0.0988. The van der Waals surface area contributed by atoms with E-state index in [0.717, 1.165) is 5.56 Å². The molecule has 0 spiro atoms. The summed E-state index contributed by atoms with van der Waals surface area (Å²) in [5, 5.41) is 0.608. The van der Waals surface area contributed by atoms with E-state index in [4.69, 9.17) is 16.3 Å². The van der Waals surface area contributed by atoms with Gasteiger partial charge in [-0.3, -0.25) is 14.8 Å². The molecule has 0 aliphatic rings. The van der Waals surface area contributed by atoms with Crippen molar-refractivity contribution in [3.8, 4) is 11.5 Å². The summed E-state index contributed by atoms with van der Waals surface area (Å²) in [6, 6.07) is 14.1. The molecule has 0 saturated carbocycles. The summed E-state index contributed by atoms with van der Waals surface area (Å²) >= 11 is 5.94. The van der Waals surface area contributed by atoms with Gasteiger partial charge in [-0.2, -0.15) is 0 Å². The molecule has 4 nitrogen and oxygen atoms in total. The third-order valence-electron chi connectivity index (χ3n) is 3.14. The van der Waals surface area contributed by atoms with E-state index in [1.807, 2.05) is 12.1 Å². The quantitative estimate of drug-likeness (QED) is 0.655. The van der Waals surface area contributed by atoms with Gasteiger partial charge in [0.15, 0.2) is 5.78 Å². The molecule has 2 heterocycles. The van der Waals surface area contributed by atoms with Crippen molar-refractivity contribution < 1.29 is 9.53 Å². The molecule has 0 radical (unpaired) electrons. The number of halogens is 1. The largest absolute Gasteiger partial charge is 0.456 e. The molecule has 3 aromatic rings. The van der Waals surface area contributed by atoms with E-state index in [1.54, 1.807) is 55.0 Å². The number of rotatable bonds is 5. The highest BCUT2D eigenvalue weighted by Crippen LogP contribution is 2.21. The smallest absolute Gasteiger partial charge is 0.185 e. The highest BCUT2D eigenvalue weighted by molar-refractivity contribution is 6.30. The second-order valence-electron chi connectivity index (χ2n) is 4.90. The van der Waals surface area contributed by atoms with Gasteiger partial charge in [0.2, 0.25) is 0 Å². The van der Waals surface area contributed by atoms with Crippen LogP contribution >= 0.6 is 11.6 Å². The molecule has 0 saturated heterocycles. The monoisotopic (exact) mass is 324 g/mol. The number of ketones is 1. The highest BCUT2D eigenvalue weighted by atomic mass is 35.5. The molecule has 114 valence electrons. The van der Waals surface area contributed by atoms with E-state index >= 15 is 0 Å². The first kappa shape index (κ1) is 15.2. The lowest BCUT2D eigenvalue weighted by Crippen LogP contribution is -2.06. The topological polar surface area (TPSA) is 52.1 Å². The molecule has 0 fully saturated rings. The normalized spacial score (nSPS) is 10.3. The van der Waals surface area contributed by atoms with Crippen LogP contribution in [0.4, 0.5) is 0 Å². The predicted octanol–water partition coefficient (Wildman–Crippen LogP) is 4.35. The molecular formula is C18H13ClN2O2. The van der Waals surface area contributed by atoms with Gasteiger partial charge in [0.05, 0.1) is 6.20 Å². The molecule has 0 atom stereocenters. The Balaban J connectivity index is 1.75. The number of carbonyl (C=O) groups excluding carboxylic acids is 1. The Morgan fingerprint density at radius 2 is 1.96 bits per heavy atom. The summed E-state index contributed by atoms with van der Waals surface area (Å²) in [5.41, 5.74) is 1.20. The zero-order valence-electron chi connectivity index (χ0n) is 12.1. The average Bonchev–Trinajstić information content (AvgIpc) is 2.56. The third kappa shape index (κ3) is 4.14. The molecule has 0 amide bonds. The summed E-state index contributed by atoms with van der Waals surface area (Å²) in [6.45, 7) is 0. The number of aromatic nitrogens is 2. The minimum atomic E-state index is -0.0936. The summed E-state index contributed by atoms with van der Waals surface area (Å²) < 4.78 is 5.66. The van der Waals surface area contributed by atoms with Gasteiger partial charge in [-0.15, -0.1) is 0 Å². The minimum absolute atomic E-state index is 0.0936. The summed E-state index contributed by atoms with van der Waals surface area (Å²) in [4.78, 5) is 20.5. The fourth-order valence-corrected chi connectivity index (χ4v) is 2.31. The van der Waals surface area contributed by atoms with Crippen LogP contribution in [0.5, 0.6) is 11.5 Å². The van der Waals surface area contributed by atoms with Gasteiger partial charge in [-0.25, -0.2) is 0 Å². The van der Waals surface area contributed by atoms with Crippen molar-refractivity contribution in [3.63, 3.8) is 0 Å². The number of Topliss-reactive ketones (excluding diaryl/α,β-unsaturated/α-hetero) is 1. The molecular weight excluding hydrogens is 312 g/mol. The Hall–Kier alpha value is -2.72. The second kappa shape index (κ2) is 7.03. The zero-order valence-corrected chi connectivity index (χ0v) is 12.9. The van der Waals surface area contributed by atoms with Crippen LogP contribution in [0.15, 0.2) is 67.1 Å². The number of ether oxygens (including phenoxy) is 1. The highest BCUT2D eigenvalue weighted by Gasteiger charge is 2.10. The van der Waals surface area contributed by atoms with Crippen LogP contribution in [-0.2, 0) is 6.42 Å². The van der Waals surface area contributed by atoms with Gasteiger partial charge in [-0.1, -0.05) is 23.7 Å². The average molecular weight is 325 g/mol. The second-order valence-corrected chi connectivity index (χ2v) is 5.33. The van der Waals surface area contributed by atoms with Crippen molar-refractivity contribution >= 4 is 17.4 Å². The van der Waals surface area contributed by atoms with Crippen LogP contribution in [0, 0.1) is 0 Å². The molecule has 0 aliphatic heterocycles. The first-order valence-corrected chi connectivity index (χ1v) is 7.40. The SMILES string of the molecule is O=C(Cc1cccc(Cl)c1)c1cc(Oc2cccnc2)ccn1. The molecule has 1 aromatic carbocycles. The molecule has 0 bridgehead atoms. The number of hydrogen-bond acceptors (Lipinski definition) is 4. The van der Waals surface area contributed by atoms with Crippen LogP contribution < -0.4 is 4.74 Å². The van der Waals surface area contributed by atoms with Gasteiger partial charge < -0.3 is 4.74 Å². The fourth-order valence-electron chi connectivity index (χ4n) is 2.09. The Morgan fingerprint density at radius 1 is 1.04 bits per heavy atom. The van der Waals surface area contributed by atoms with Crippen molar-refractivity contribution in [2.45, 2.75) is 6.42 Å². The van der Waals surface area contributed by atoms with Crippen molar-refractivity contribution in [2.24, 2.45) is 0 Å². The van der Waals surface area contributed by atoms with Crippen molar-refractivity contribution in [3.05, 3.63) is 83.4 Å². The number of carbonyl (C=O) groups is 1. The first-order valence-electron chi connectivity index (χ1n) is 7.02. The van der Waals surface area contributed by atoms with Gasteiger partial charge >= 0.3 is 0 Å². The predicted molar refractivity (Wildman–Crippen MR) is 88.0 cm³/mol. The van der Waals surface area contributed by atoms with Gasteiger partial charge in [0.1, 0.15) is 17.2 Å². The molecule has 3 rings (SSSR count). The van der Waals surface area contributed by atoms with E-state index in [-0.39, 0.29) is 12.2 Å². The van der Waals surface area contributed by atoms with E-state index in [0.29, 0.717) is 22.2 Å². The van der Waals surface area contributed by atoms with Crippen molar-refractivity contribution in [2.75, 3.05) is 0 Å². The maximum atomic E-state index is 12.4. The third-order valence-corrected chi connectivity index (χ3v) is 3.38. The van der Waals surface area contributed by atoms with Crippen LogP contribution in [0.2, 0.25) is 5.02 Å². The molecule has 0 unspecified atom stereocenters. The lowest BCUT2D eigenvalue weighted by atomic mass is 10.1. The Labute approximate surface area is 138 Å². The van der Waals surface area contributed by atoms with E-state index in [1.165, 1.54) is 0 Å². The summed E-state index contributed by atoms with van der Waals surface area (Å²) in [7, 11) is 0. The minimum Gasteiger partial charge on any atom is -0.456 e. The number of benzene rings is 1. The summed E-state index contributed by atoms with van der Waals surface area (Å²) in [6.07, 6.45) is 5.06. The standard InChI is InChI=1S/C18H13ClN2O2/c19-14-4-1-3-13(9-14)10-18(22)17-11-15(6-8-21-17)23-16-5-2-7-20-12-16/h1-9,11-12H,10H2. The maximum absolute atomic E-state index is 12.4. The van der Waals surface area contributed by atoms with Crippen LogP contribution in [0.1, 0.15) is 16.1 Å². The van der Waals surface area contributed by atoms with Crippen molar-refractivity contribution in [1.29, 1.82) is 0 Å². The fraction of sp³-hybridized carbons (Fsp3) is 0.0556. The van der Waals surface area contributed by atoms with Crippen LogP contribution in [-0.4, -0.2) is 15.8 Å². The number of nitrogens with zero attached hydrogens (tertiary/aromatic N) is 2. The van der Waals surface area contributed by atoms with E-state index in [9.17, 15) is 4.79 Å². The number of pyridine rings is 2. The molecule has 2 aromatic heterocycles. The Morgan fingerprint density at radius 3 is 2.74 bits per heavy atom. The first-order chi connectivity index (χ1) is 11.2. The van der Waals surface area contributed by atoms with Gasteiger partial charge in [0.25, 0.3) is 0 Å². The van der Waals surface area contributed by atoms with E-state index in [2.05, 4.69) is 9.97 Å². The van der Waals surface area contributed by atoms with Crippen LogP contribution in [0.3, 0.4) is 0 Å². The van der Waals surface area contributed by atoms with Gasteiger partial charge in [0, 0.05) is 29.9 Å². The molecule has 0 aliphatic carbocycles. The molecule has 5 heteroatoms. The maximum Gasteiger partial charge on any atom is 0.185 e. The van der Waals surface area contributed by atoms with Gasteiger partial charge in [-0.05, 0) is 35.9 Å². The summed E-state index contributed by atoms with van der Waals surface area (Å²) in [5.74, 6) is 1.05. The van der Waals surface area contributed by atoms with E-state index < -0.39 is 0 Å². The zero-order chi connectivity index (χ0) is 16.1. The lowest BCUT2D eigenvalue weighted by Gasteiger charge is -2.06. The Bertz CT molecular complexity index is 822. The molecule has 0 N–H and O–H groups in total.